The van der Waals surface area contributed by atoms with Crippen molar-refractivity contribution < 1.29 is 27.2 Å². The number of nitrogens with one attached hydrogen (secondary N) is 2. The minimum Gasteiger partial charge on any atom is -0.308 e. The van der Waals surface area contributed by atoms with E-state index in [1.54, 1.807) is 30.7 Å². The van der Waals surface area contributed by atoms with Crippen LogP contribution in [0.1, 0.15) is 15.9 Å². The fourth-order valence-corrected chi connectivity index (χ4v) is 3.85. The largest absolute Gasteiger partial charge is 0.323 e. The Morgan fingerprint density at radius 3 is 2.37 bits per heavy atom. The van der Waals surface area contributed by atoms with Crippen molar-refractivity contribution in [3.63, 3.8) is 0 Å². The van der Waals surface area contributed by atoms with Crippen molar-refractivity contribution in [2.75, 3.05) is 10.6 Å². The van der Waals surface area contributed by atoms with Crippen LogP contribution < -0.4 is 10.6 Å². The van der Waals surface area contributed by atoms with Crippen LogP contribution in [0.15, 0.2) is 85.3 Å². The number of anilines is 2. The number of aromatic nitrogens is 2. The molecule has 0 saturated heterocycles. The zero-order valence-corrected chi connectivity index (χ0v) is 19.3. The standard InChI is InChI=1S/C28H16F4N4O2/c29-19-4-1-5-20(11-19)35-28(38)36-23-12-21(30)25(31)24(26(23)32)27(37)15-6-7-22-17(9-15)10-18(14-34-22)16-3-2-8-33-13-16/h1-14H,(H2,35,36,38). The second kappa shape index (κ2) is 10.1. The fourth-order valence-electron chi connectivity index (χ4n) is 3.85. The maximum Gasteiger partial charge on any atom is 0.323 e. The SMILES string of the molecule is O=C(Nc1cccc(F)c1)Nc1cc(F)c(F)c(C(=O)c2ccc3ncc(-c4cccnc4)cc3c2)c1F. The lowest BCUT2D eigenvalue weighted by Gasteiger charge is -2.13. The molecule has 2 N–H and O–H groups in total. The van der Waals surface area contributed by atoms with Crippen molar-refractivity contribution in [2.45, 2.75) is 0 Å². The number of halogens is 4. The summed E-state index contributed by atoms with van der Waals surface area (Å²) in [5.41, 5.74) is -0.0457. The van der Waals surface area contributed by atoms with E-state index in [4.69, 9.17) is 0 Å². The highest BCUT2D eigenvalue weighted by atomic mass is 19.2. The Bertz CT molecular complexity index is 1710. The first-order valence-electron chi connectivity index (χ1n) is 11.2. The van der Waals surface area contributed by atoms with E-state index >= 15 is 4.39 Å². The van der Waals surface area contributed by atoms with E-state index in [-0.39, 0.29) is 11.3 Å². The van der Waals surface area contributed by atoms with Crippen molar-refractivity contribution in [1.29, 1.82) is 0 Å². The lowest BCUT2D eigenvalue weighted by Crippen LogP contribution is -2.22. The van der Waals surface area contributed by atoms with Crippen molar-refractivity contribution in [1.82, 2.24) is 9.97 Å². The molecule has 0 spiro atoms. The molecule has 2 amide bonds. The molecule has 2 aromatic heterocycles. The van der Waals surface area contributed by atoms with Crippen molar-refractivity contribution >= 4 is 34.1 Å². The van der Waals surface area contributed by atoms with E-state index in [0.717, 1.165) is 17.7 Å². The number of hydrogen-bond acceptors (Lipinski definition) is 4. The van der Waals surface area contributed by atoms with E-state index in [1.807, 2.05) is 11.4 Å². The summed E-state index contributed by atoms with van der Waals surface area (Å²) in [6.07, 6.45) is 4.87. The monoisotopic (exact) mass is 516 g/mol. The highest BCUT2D eigenvalue weighted by molar-refractivity contribution is 6.12. The molecule has 5 rings (SSSR count). The third kappa shape index (κ3) is 4.92. The molecule has 5 aromatic rings. The van der Waals surface area contributed by atoms with Gasteiger partial charge in [0.15, 0.2) is 23.2 Å². The molecule has 0 unspecified atom stereocenters. The maximum absolute atomic E-state index is 15.3. The predicted molar refractivity (Wildman–Crippen MR) is 134 cm³/mol. The van der Waals surface area contributed by atoms with Gasteiger partial charge in [0, 0.05) is 52.4 Å². The molecule has 0 radical (unpaired) electrons. The van der Waals surface area contributed by atoms with Gasteiger partial charge in [-0.25, -0.2) is 22.4 Å². The average molecular weight is 516 g/mol. The van der Waals surface area contributed by atoms with Crippen LogP contribution in [-0.2, 0) is 0 Å². The zero-order chi connectivity index (χ0) is 26.8. The number of carbonyl (C=O) groups is 2. The van der Waals surface area contributed by atoms with E-state index < -0.39 is 46.3 Å². The summed E-state index contributed by atoms with van der Waals surface area (Å²) in [5.74, 6) is -6.48. The highest BCUT2D eigenvalue weighted by Gasteiger charge is 2.26. The van der Waals surface area contributed by atoms with Crippen molar-refractivity contribution in [3.05, 3.63) is 120 Å². The van der Waals surface area contributed by atoms with E-state index in [2.05, 4.69) is 15.3 Å². The topological polar surface area (TPSA) is 84.0 Å². The van der Waals surface area contributed by atoms with Gasteiger partial charge in [-0.15, -0.1) is 0 Å². The Balaban J connectivity index is 1.47. The molecule has 38 heavy (non-hydrogen) atoms. The molecule has 2 heterocycles. The van der Waals surface area contributed by atoms with Gasteiger partial charge >= 0.3 is 6.03 Å². The Labute approximate surface area is 213 Å². The second-order valence-electron chi connectivity index (χ2n) is 8.20. The molecule has 0 saturated carbocycles. The number of carbonyl (C=O) groups excluding carboxylic acids is 2. The number of hydrogen-bond donors (Lipinski definition) is 2. The zero-order valence-electron chi connectivity index (χ0n) is 19.3. The van der Waals surface area contributed by atoms with Gasteiger partial charge in [-0.3, -0.25) is 14.8 Å². The summed E-state index contributed by atoms with van der Waals surface area (Å²) in [5, 5.41) is 4.77. The smallest absolute Gasteiger partial charge is 0.308 e. The minimum absolute atomic E-state index is 0.0391. The summed E-state index contributed by atoms with van der Waals surface area (Å²) in [7, 11) is 0. The predicted octanol–water partition coefficient (Wildman–Crippen LogP) is 6.73. The first kappa shape index (κ1) is 24.6. The van der Waals surface area contributed by atoms with E-state index in [1.165, 1.54) is 30.3 Å². The summed E-state index contributed by atoms with van der Waals surface area (Å²) in [6.45, 7) is 0. The average Bonchev–Trinajstić information content (AvgIpc) is 2.91. The van der Waals surface area contributed by atoms with Crippen LogP contribution in [0.4, 0.5) is 33.7 Å². The van der Waals surface area contributed by atoms with Crippen LogP contribution in [0.2, 0.25) is 0 Å². The third-order valence-corrected chi connectivity index (χ3v) is 5.65. The molecule has 0 atom stereocenters. The van der Waals surface area contributed by atoms with Crippen LogP contribution in [0, 0.1) is 23.3 Å². The van der Waals surface area contributed by atoms with Crippen LogP contribution in [0.5, 0.6) is 0 Å². The normalized spacial score (nSPS) is 10.8. The Morgan fingerprint density at radius 1 is 0.763 bits per heavy atom. The summed E-state index contributed by atoms with van der Waals surface area (Å²) in [6, 6.07) is 13.7. The van der Waals surface area contributed by atoms with Gasteiger partial charge in [-0.05, 0) is 48.5 Å². The first-order chi connectivity index (χ1) is 18.3. The summed E-state index contributed by atoms with van der Waals surface area (Å²) < 4.78 is 57.7. The minimum atomic E-state index is -1.70. The highest BCUT2D eigenvalue weighted by Crippen LogP contribution is 2.29. The van der Waals surface area contributed by atoms with Crippen LogP contribution in [0.3, 0.4) is 0 Å². The Hall–Kier alpha value is -5.12. The van der Waals surface area contributed by atoms with Crippen LogP contribution >= 0.6 is 0 Å². The summed E-state index contributed by atoms with van der Waals surface area (Å²) in [4.78, 5) is 33.8. The molecule has 3 aromatic carbocycles. The second-order valence-corrected chi connectivity index (χ2v) is 8.20. The fraction of sp³-hybridized carbons (Fsp3) is 0. The lowest BCUT2D eigenvalue weighted by molar-refractivity contribution is 0.103. The third-order valence-electron chi connectivity index (χ3n) is 5.65. The number of amides is 2. The lowest BCUT2D eigenvalue weighted by atomic mass is 9.98. The van der Waals surface area contributed by atoms with Gasteiger partial charge < -0.3 is 10.6 Å². The molecular formula is C28H16F4N4O2. The maximum atomic E-state index is 15.3. The van der Waals surface area contributed by atoms with Gasteiger partial charge in [-0.1, -0.05) is 12.1 Å². The van der Waals surface area contributed by atoms with Gasteiger partial charge in [0.05, 0.1) is 16.8 Å². The van der Waals surface area contributed by atoms with Crippen LogP contribution in [-0.4, -0.2) is 21.8 Å². The number of benzene rings is 3. The number of urea groups is 1. The molecule has 0 fully saturated rings. The van der Waals surface area contributed by atoms with E-state index in [0.29, 0.717) is 22.5 Å². The van der Waals surface area contributed by atoms with Gasteiger partial charge in [0.2, 0.25) is 0 Å². The van der Waals surface area contributed by atoms with Gasteiger partial charge in [-0.2, -0.15) is 0 Å². The molecule has 188 valence electrons. The van der Waals surface area contributed by atoms with Gasteiger partial charge in [0.1, 0.15) is 5.82 Å². The van der Waals surface area contributed by atoms with Crippen LogP contribution in [0.25, 0.3) is 22.0 Å². The van der Waals surface area contributed by atoms with Crippen molar-refractivity contribution in [3.8, 4) is 11.1 Å². The number of nitrogens with zero attached hydrogens (tertiary/aromatic N) is 2. The molecule has 0 aliphatic heterocycles. The number of ketones is 1. The molecule has 0 bridgehead atoms. The number of pyridine rings is 2. The molecule has 0 aliphatic rings. The molecular weight excluding hydrogens is 500 g/mol. The molecule has 0 aliphatic carbocycles. The number of fused-ring (bicyclic) bond motifs is 1. The molecule has 6 nitrogen and oxygen atoms in total. The van der Waals surface area contributed by atoms with E-state index in [9.17, 15) is 22.8 Å². The first-order valence-corrected chi connectivity index (χ1v) is 11.2. The molecule has 10 heteroatoms. The Kier molecular flexibility index (Phi) is 6.53. The summed E-state index contributed by atoms with van der Waals surface area (Å²) >= 11 is 0. The Morgan fingerprint density at radius 2 is 1.61 bits per heavy atom. The quantitative estimate of drug-likeness (QED) is 0.154. The number of rotatable bonds is 5. The van der Waals surface area contributed by atoms with Crippen molar-refractivity contribution in [2.24, 2.45) is 0 Å². The van der Waals surface area contributed by atoms with Gasteiger partial charge in [0.25, 0.3) is 0 Å².